The van der Waals surface area contributed by atoms with E-state index in [2.05, 4.69) is 12.2 Å². The van der Waals surface area contributed by atoms with E-state index in [-0.39, 0.29) is 5.91 Å². The molecule has 0 saturated carbocycles. The number of hydrogen-bond donors (Lipinski definition) is 2. The van der Waals surface area contributed by atoms with Crippen LogP contribution in [0.5, 0.6) is 0 Å². The second kappa shape index (κ2) is 6.94. The molecule has 1 amide bonds. The predicted octanol–water partition coefficient (Wildman–Crippen LogP) is 4.10. The summed E-state index contributed by atoms with van der Waals surface area (Å²) >= 11 is 0. The maximum Gasteiger partial charge on any atom is 0.248 e. The average molecular weight is 294 g/mol. The van der Waals surface area contributed by atoms with Crippen LogP contribution in [-0.4, -0.2) is 5.91 Å². The summed E-state index contributed by atoms with van der Waals surface area (Å²) in [6.07, 6.45) is 4.19. The van der Waals surface area contributed by atoms with Gasteiger partial charge in [-0.05, 0) is 54.7 Å². The molecule has 0 atom stereocenters. The van der Waals surface area contributed by atoms with Gasteiger partial charge in [0.15, 0.2) is 0 Å². The number of carbonyl (C=O) groups excluding carboxylic acids is 1. The van der Waals surface area contributed by atoms with E-state index < -0.39 is 0 Å². The second-order valence-electron chi connectivity index (χ2n) is 5.40. The molecule has 0 saturated heterocycles. The van der Waals surface area contributed by atoms with Crippen molar-refractivity contribution in [1.29, 1.82) is 0 Å². The zero-order chi connectivity index (χ0) is 16.1. The van der Waals surface area contributed by atoms with Gasteiger partial charge in [-0.1, -0.05) is 37.3 Å². The molecule has 0 aromatic heterocycles. The number of rotatable bonds is 4. The lowest BCUT2D eigenvalue weighted by Gasteiger charge is -2.11. The number of carbonyl (C=O) groups is 1. The van der Waals surface area contributed by atoms with Crippen LogP contribution in [0.25, 0.3) is 6.08 Å². The number of aryl methyl sites for hydroxylation is 3. The maximum absolute atomic E-state index is 12.1. The van der Waals surface area contributed by atoms with Crippen molar-refractivity contribution in [3.63, 3.8) is 0 Å². The first-order chi connectivity index (χ1) is 10.5. The molecule has 0 radical (unpaired) electrons. The van der Waals surface area contributed by atoms with E-state index in [1.165, 1.54) is 6.08 Å². The fourth-order valence-corrected chi connectivity index (χ4v) is 2.30. The lowest BCUT2D eigenvalue weighted by molar-refractivity contribution is -0.111. The van der Waals surface area contributed by atoms with Gasteiger partial charge in [-0.15, -0.1) is 0 Å². The largest absolute Gasteiger partial charge is 0.398 e. The highest BCUT2D eigenvalue weighted by atomic mass is 16.1. The Hall–Kier alpha value is -2.55. The highest BCUT2D eigenvalue weighted by Crippen LogP contribution is 2.21. The normalized spacial score (nSPS) is 10.9. The maximum atomic E-state index is 12.1. The van der Waals surface area contributed by atoms with Crippen molar-refractivity contribution in [3.8, 4) is 0 Å². The first kappa shape index (κ1) is 15.8. The Morgan fingerprint density at radius 3 is 2.64 bits per heavy atom. The molecule has 0 spiro atoms. The first-order valence-corrected chi connectivity index (χ1v) is 7.45. The molecule has 2 aromatic carbocycles. The number of hydrogen-bond acceptors (Lipinski definition) is 2. The van der Waals surface area contributed by atoms with Crippen LogP contribution in [-0.2, 0) is 11.2 Å². The SMILES string of the molecule is CCc1cccc(C)c1NC(=O)/C=C/c1ccc(C)c(N)c1. The highest BCUT2D eigenvalue weighted by Gasteiger charge is 2.06. The molecule has 3 N–H and O–H groups in total. The van der Waals surface area contributed by atoms with Gasteiger partial charge < -0.3 is 11.1 Å². The van der Waals surface area contributed by atoms with Crippen LogP contribution < -0.4 is 11.1 Å². The van der Waals surface area contributed by atoms with Crippen LogP contribution in [0.1, 0.15) is 29.2 Å². The Morgan fingerprint density at radius 1 is 1.18 bits per heavy atom. The van der Waals surface area contributed by atoms with E-state index in [0.717, 1.165) is 40.0 Å². The Balaban J connectivity index is 2.13. The summed E-state index contributed by atoms with van der Waals surface area (Å²) in [5.74, 6) is -0.136. The third-order valence-corrected chi connectivity index (χ3v) is 3.72. The molecule has 114 valence electrons. The monoisotopic (exact) mass is 294 g/mol. The minimum Gasteiger partial charge on any atom is -0.398 e. The van der Waals surface area contributed by atoms with Crippen molar-refractivity contribution in [2.24, 2.45) is 0 Å². The fourth-order valence-electron chi connectivity index (χ4n) is 2.30. The van der Waals surface area contributed by atoms with Gasteiger partial charge in [0.1, 0.15) is 0 Å². The number of nitrogens with two attached hydrogens (primary N) is 1. The lowest BCUT2D eigenvalue weighted by Crippen LogP contribution is -2.11. The Labute approximate surface area is 131 Å². The van der Waals surface area contributed by atoms with Gasteiger partial charge in [-0.25, -0.2) is 0 Å². The molecule has 0 aliphatic rings. The topological polar surface area (TPSA) is 55.1 Å². The van der Waals surface area contributed by atoms with Crippen molar-refractivity contribution in [1.82, 2.24) is 0 Å². The van der Waals surface area contributed by atoms with Crippen LogP contribution in [0.2, 0.25) is 0 Å². The molecule has 22 heavy (non-hydrogen) atoms. The number of amides is 1. The number of nitrogen functional groups attached to an aromatic ring is 1. The van der Waals surface area contributed by atoms with Gasteiger partial charge in [0.25, 0.3) is 0 Å². The van der Waals surface area contributed by atoms with Gasteiger partial charge in [0.2, 0.25) is 5.91 Å². The molecule has 0 heterocycles. The molecular weight excluding hydrogens is 272 g/mol. The Morgan fingerprint density at radius 2 is 1.95 bits per heavy atom. The zero-order valence-electron chi connectivity index (χ0n) is 13.3. The third-order valence-electron chi connectivity index (χ3n) is 3.72. The lowest BCUT2D eigenvalue weighted by atomic mass is 10.1. The average Bonchev–Trinajstić information content (AvgIpc) is 2.50. The molecule has 0 bridgehead atoms. The van der Waals surface area contributed by atoms with E-state index in [0.29, 0.717) is 0 Å². The number of benzene rings is 2. The molecule has 3 nitrogen and oxygen atoms in total. The molecule has 0 fully saturated rings. The summed E-state index contributed by atoms with van der Waals surface area (Å²) in [4.78, 5) is 12.1. The molecular formula is C19H22N2O. The van der Waals surface area contributed by atoms with Crippen LogP contribution in [0.3, 0.4) is 0 Å². The molecule has 2 aromatic rings. The zero-order valence-corrected chi connectivity index (χ0v) is 13.3. The Bertz CT molecular complexity index is 717. The van der Waals surface area contributed by atoms with Gasteiger partial charge in [-0.2, -0.15) is 0 Å². The number of nitrogens with one attached hydrogen (secondary N) is 1. The van der Waals surface area contributed by atoms with E-state index in [4.69, 9.17) is 5.73 Å². The molecule has 2 rings (SSSR count). The minimum absolute atomic E-state index is 0.136. The summed E-state index contributed by atoms with van der Waals surface area (Å²) in [6.45, 7) is 6.04. The van der Waals surface area contributed by atoms with E-state index in [9.17, 15) is 4.79 Å². The van der Waals surface area contributed by atoms with Gasteiger partial charge in [0, 0.05) is 17.5 Å². The summed E-state index contributed by atoms with van der Waals surface area (Å²) < 4.78 is 0. The Kier molecular flexibility index (Phi) is 4.99. The van der Waals surface area contributed by atoms with Crippen molar-refractivity contribution in [2.45, 2.75) is 27.2 Å². The van der Waals surface area contributed by atoms with Crippen molar-refractivity contribution < 1.29 is 4.79 Å². The first-order valence-electron chi connectivity index (χ1n) is 7.45. The van der Waals surface area contributed by atoms with Gasteiger partial charge in [-0.3, -0.25) is 4.79 Å². The third kappa shape index (κ3) is 3.76. The fraction of sp³-hybridized carbons (Fsp3) is 0.211. The van der Waals surface area contributed by atoms with E-state index in [1.807, 2.05) is 50.2 Å². The van der Waals surface area contributed by atoms with Gasteiger partial charge >= 0.3 is 0 Å². The second-order valence-corrected chi connectivity index (χ2v) is 5.40. The minimum atomic E-state index is -0.136. The van der Waals surface area contributed by atoms with Crippen molar-refractivity contribution in [2.75, 3.05) is 11.1 Å². The molecule has 3 heteroatoms. The molecule has 0 aliphatic carbocycles. The van der Waals surface area contributed by atoms with Crippen molar-refractivity contribution in [3.05, 3.63) is 64.7 Å². The van der Waals surface area contributed by atoms with E-state index in [1.54, 1.807) is 6.08 Å². The quantitative estimate of drug-likeness (QED) is 0.659. The standard InChI is InChI=1S/C19H22N2O/c1-4-16-7-5-6-14(3)19(16)21-18(22)11-10-15-9-8-13(2)17(20)12-15/h5-12H,4,20H2,1-3H3,(H,21,22)/b11-10+. The van der Waals surface area contributed by atoms with Crippen LogP contribution in [0.15, 0.2) is 42.5 Å². The molecule has 0 unspecified atom stereocenters. The number of para-hydroxylation sites is 1. The summed E-state index contributed by atoms with van der Waals surface area (Å²) in [7, 11) is 0. The van der Waals surface area contributed by atoms with Crippen molar-refractivity contribution >= 4 is 23.4 Å². The summed E-state index contributed by atoms with van der Waals surface area (Å²) in [5, 5.41) is 2.97. The summed E-state index contributed by atoms with van der Waals surface area (Å²) in [6, 6.07) is 11.8. The summed E-state index contributed by atoms with van der Waals surface area (Å²) in [5.41, 5.74) is 11.7. The van der Waals surface area contributed by atoms with E-state index >= 15 is 0 Å². The predicted molar refractivity (Wildman–Crippen MR) is 93.8 cm³/mol. The van der Waals surface area contributed by atoms with Gasteiger partial charge in [0.05, 0.1) is 0 Å². The van der Waals surface area contributed by atoms with Crippen LogP contribution in [0.4, 0.5) is 11.4 Å². The number of anilines is 2. The molecule has 0 aliphatic heterocycles. The van der Waals surface area contributed by atoms with Crippen LogP contribution in [0, 0.1) is 13.8 Å². The highest BCUT2D eigenvalue weighted by molar-refractivity contribution is 6.02. The smallest absolute Gasteiger partial charge is 0.248 e. The van der Waals surface area contributed by atoms with Crippen LogP contribution >= 0.6 is 0 Å².